The zero-order valence-electron chi connectivity index (χ0n) is 8.63. The van der Waals surface area contributed by atoms with Crippen LogP contribution in [0.25, 0.3) is 0 Å². The van der Waals surface area contributed by atoms with Crippen LogP contribution in [-0.4, -0.2) is 15.4 Å². The first-order valence-electron chi connectivity index (χ1n) is 4.83. The number of benzene rings is 1. The second kappa shape index (κ2) is 5.07. The maximum absolute atomic E-state index is 5.39. The largest absolute Gasteiger partial charge is 0.494 e. The minimum Gasteiger partial charge on any atom is -0.494 e. The normalized spacial score (nSPS) is 10.5. The van der Waals surface area contributed by atoms with E-state index in [9.17, 15) is 0 Å². The smallest absolute Gasteiger partial charge is 0.119 e. The van der Waals surface area contributed by atoms with Gasteiger partial charge in [-0.2, -0.15) is 0 Å². The fourth-order valence-electron chi connectivity index (χ4n) is 1.21. The molecule has 1 radical (unpaired) electrons. The summed E-state index contributed by atoms with van der Waals surface area (Å²) >= 11 is 0. The van der Waals surface area contributed by atoms with Crippen LogP contribution in [0.4, 0.5) is 0 Å². The molecule has 0 saturated heterocycles. The van der Waals surface area contributed by atoms with Crippen LogP contribution in [0.15, 0.2) is 24.3 Å². The van der Waals surface area contributed by atoms with Crippen molar-refractivity contribution in [1.29, 1.82) is 0 Å². The second-order valence-corrected chi connectivity index (χ2v) is 5.94. The highest BCUT2D eigenvalue weighted by atomic mass is 28.3. The van der Waals surface area contributed by atoms with Gasteiger partial charge in [-0.15, -0.1) is 0 Å². The number of ether oxygens (including phenoxy) is 1. The molecule has 1 nitrogen and oxygen atoms in total. The van der Waals surface area contributed by atoms with E-state index in [1.54, 1.807) is 0 Å². The molecule has 71 valence electrons. The molecule has 1 aromatic carbocycles. The third-order valence-electron chi connectivity index (χ3n) is 2.19. The van der Waals surface area contributed by atoms with Crippen molar-refractivity contribution in [2.45, 2.75) is 26.4 Å². The van der Waals surface area contributed by atoms with Gasteiger partial charge in [-0.1, -0.05) is 36.8 Å². The standard InChI is InChI=1S/C11H17OSi/c1-4-12-10-6-8-11(9-7-10)13(3)5-2/h6-9H,4-5H2,1-3H3. The summed E-state index contributed by atoms with van der Waals surface area (Å²) in [6, 6.07) is 9.83. The van der Waals surface area contributed by atoms with E-state index in [2.05, 4.69) is 37.7 Å². The lowest BCUT2D eigenvalue weighted by Gasteiger charge is -2.08. The van der Waals surface area contributed by atoms with Crippen LogP contribution in [-0.2, 0) is 0 Å². The molecular weight excluding hydrogens is 176 g/mol. The van der Waals surface area contributed by atoms with Gasteiger partial charge in [0.25, 0.3) is 0 Å². The van der Waals surface area contributed by atoms with Gasteiger partial charge in [0.05, 0.1) is 15.4 Å². The minimum absolute atomic E-state index is 0.293. The molecule has 0 aliphatic rings. The SMILES string of the molecule is CCOc1ccc([Si](C)CC)cc1. The fourth-order valence-corrected chi connectivity index (χ4v) is 2.35. The molecule has 1 rings (SSSR count). The summed E-state index contributed by atoms with van der Waals surface area (Å²) in [6.07, 6.45) is 0. The summed E-state index contributed by atoms with van der Waals surface area (Å²) < 4.78 is 5.39. The van der Waals surface area contributed by atoms with Crippen LogP contribution in [0.3, 0.4) is 0 Å². The van der Waals surface area contributed by atoms with Crippen molar-refractivity contribution in [3.63, 3.8) is 0 Å². The monoisotopic (exact) mass is 193 g/mol. The average molecular weight is 193 g/mol. The van der Waals surface area contributed by atoms with Gasteiger partial charge in [0.1, 0.15) is 5.75 Å². The fraction of sp³-hybridized carbons (Fsp3) is 0.455. The Bertz CT molecular complexity index is 243. The predicted octanol–water partition coefficient (Wildman–Crippen LogP) is 2.44. The Morgan fingerprint density at radius 3 is 2.23 bits per heavy atom. The molecule has 0 amide bonds. The Morgan fingerprint density at radius 2 is 1.77 bits per heavy atom. The lowest BCUT2D eigenvalue weighted by molar-refractivity contribution is 0.340. The summed E-state index contributed by atoms with van der Waals surface area (Å²) in [5.41, 5.74) is 0. The van der Waals surface area contributed by atoms with Crippen LogP contribution < -0.4 is 9.92 Å². The maximum atomic E-state index is 5.39. The van der Waals surface area contributed by atoms with Gasteiger partial charge in [-0.25, -0.2) is 0 Å². The van der Waals surface area contributed by atoms with E-state index >= 15 is 0 Å². The lowest BCUT2D eigenvalue weighted by atomic mass is 10.3. The summed E-state index contributed by atoms with van der Waals surface area (Å²) in [5, 5.41) is 1.50. The van der Waals surface area contributed by atoms with E-state index < -0.39 is 0 Å². The van der Waals surface area contributed by atoms with Crippen LogP contribution in [0.2, 0.25) is 12.6 Å². The molecule has 0 aliphatic heterocycles. The first-order chi connectivity index (χ1) is 6.27. The van der Waals surface area contributed by atoms with E-state index in [0.717, 1.165) is 12.4 Å². The highest BCUT2D eigenvalue weighted by molar-refractivity contribution is 6.71. The highest BCUT2D eigenvalue weighted by Gasteiger charge is 2.04. The Labute approximate surface area is 82.3 Å². The molecule has 1 aromatic rings. The molecule has 0 heterocycles. The third kappa shape index (κ3) is 2.88. The van der Waals surface area contributed by atoms with Crippen LogP contribution in [0.1, 0.15) is 13.8 Å². The Balaban J connectivity index is 2.69. The zero-order chi connectivity index (χ0) is 9.68. The van der Waals surface area contributed by atoms with Crippen molar-refractivity contribution < 1.29 is 4.74 Å². The molecule has 0 atom stereocenters. The van der Waals surface area contributed by atoms with Gasteiger partial charge in [0.15, 0.2) is 0 Å². The van der Waals surface area contributed by atoms with Gasteiger partial charge in [0, 0.05) is 0 Å². The molecule has 0 saturated carbocycles. The van der Waals surface area contributed by atoms with Crippen molar-refractivity contribution in [3.8, 4) is 5.75 Å². The first kappa shape index (κ1) is 10.3. The van der Waals surface area contributed by atoms with E-state index in [0.29, 0.717) is 0 Å². The molecule has 13 heavy (non-hydrogen) atoms. The van der Waals surface area contributed by atoms with Crippen LogP contribution in [0.5, 0.6) is 5.75 Å². The topological polar surface area (TPSA) is 9.23 Å². The molecule has 0 N–H and O–H groups in total. The molecule has 0 unspecified atom stereocenters. The van der Waals surface area contributed by atoms with Gasteiger partial charge >= 0.3 is 0 Å². The van der Waals surface area contributed by atoms with E-state index in [1.165, 1.54) is 11.2 Å². The van der Waals surface area contributed by atoms with Crippen LogP contribution in [0, 0.1) is 0 Å². The number of hydrogen-bond donors (Lipinski definition) is 0. The maximum Gasteiger partial charge on any atom is 0.119 e. The summed E-state index contributed by atoms with van der Waals surface area (Å²) in [6.45, 7) is 7.36. The quantitative estimate of drug-likeness (QED) is 0.667. The molecule has 0 spiro atoms. The average Bonchev–Trinajstić information content (AvgIpc) is 2.18. The highest BCUT2D eigenvalue weighted by Crippen LogP contribution is 2.08. The zero-order valence-corrected chi connectivity index (χ0v) is 9.63. The molecular formula is C11H17OSi. The Hall–Kier alpha value is -0.763. The van der Waals surface area contributed by atoms with Crippen LogP contribution >= 0.6 is 0 Å². The predicted molar refractivity (Wildman–Crippen MR) is 59.3 cm³/mol. The first-order valence-corrected chi connectivity index (χ1v) is 7.04. The van der Waals surface area contributed by atoms with Crippen molar-refractivity contribution in [3.05, 3.63) is 24.3 Å². The van der Waals surface area contributed by atoms with E-state index in [1.807, 2.05) is 6.92 Å². The van der Waals surface area contributed by atoms with E-state index in [4.69, 9.17) is 4.74 Å². The van der Waals surface area contributed by atoms with Crippen molar-refractivity contribution in [1.82, 2.24) is 0 Å². The van der Waals surface area contributed by atoms with Gasteiger partial charge in [0.2, 0.25) is 0 Å². The van der Waals surface area contributed by atoms with E-state index in [-0.39, 0.29) is 8.80 Å². The Kier molecular flexibility index (Phi) is 4.03. The Morgan fingerprint density at radius 1 is 1.15 bits per heavy atom. The van der Waals surface area contributed by atoms with Crippen molar-refractivity contribution in [2.75, 3.05) is 6.61 Å². The lowest BCUT2D eigenvalue weighted by Crippen LogP contribution is -2.24. The number of hydrogen-bond acceptors (Lipinski definition) is 1. The third-order valence-corrected chi connectivity index (χ3v) is 4.57. The van der Waals surface area contributed by atoms with Gasteiger partial charge < -0.3 is 4.74 Å². The van der Waals surface area contributed by atoms with Gasteiger partial charge in [-0.3, -0.25) is 0 Å². The molecule has 0 bridgehead atoms. The molecule has 0 aliphatic carbocycles. The van der Waals surface area contributed by atoms with Crippen molar-refractivity contribution in [2.24, 2.45) is 0 Å². The minimum atomic E-state index is -0.293. The summed E-state index contributed by atoms with van der Waals surface area (Å²) in [4.78, 5) is 0. The van der Waals surface area contributed by atoms with Gasteiger partial charge in [-0.05, 0) is 19.1 Å². The molecule has 2 heteroatoms. The second-order valence-electron chi connectivity index (χ2n) is 3.09. The summed E-state index contributed by atoms with van der Waals surface area (Å²) in [7, 11) is -0.293. The van der Waals surface area contributed by atoms with Crippen molar-refractivity contribution >= 4 is 14.0 Å². The molecule has 0 aromatic heterocycles. The molecule has 0 fully saturated rings. The summed E-state index contributed by atoms with van der Waals surface area (Å²) in [5.74, 6) is 0.983. The number of rotatable bonds is 4.